The fourth-order valence-corrected chi connectivity index (χ4v) is 4.68. The zero-order chi connectivity index (χ0) is 23.4. The maximum atomic E-state index is 12.8. The van der Waals surface area contributed by atoms with Crippen LogP contribution in [0.5, 0.6) is 11.5 Å². The molecule has 170 valence electrons. The van der Waals surface area contributed by atoms with E-state index in [0.717, 1.165) is 5.56 Å². The Labute approximate surface area is 204 Å². The Kier molecular flexibility index (Phi) is 7.17. The summed E-state index contributed by atoms with van der Waals surface area (Å²) in [7, 11) is 0. The molecule has 0 aromatic heterocycles. The average molecular weight is 504 g/mol. The molecule has 1 fully saturated rings. The topological polar surface area (TPSA) is 97.0 Å². The summed E-state index contributed by atoms with van der Waals surface area (Å²) in [5, 5.41) is 0.285. The van der Waals surface area contributed by atoms with Gasteiger partial charge in [-0.2, -0.15) is 0 Å². The molecule has 2 aliphatic heterocycles. The molecule has 11 heteroatoms. The molecular formula is C22H18ClN3O5S2. The number of benzene rings is 2. The first-order valence-electron chi connectivity index (χ1n) is 9.91. The summed E-state index contributed by atoms with van der Waals surface area (Å²) in [6.07, 6.45) is 2.22. The quantitative estimate of drug-likeness (QED) is 0.353. The Balaban J connectivity index is 1.26. The number of halogens is 1. The van der Waals surface area contributed by atoms with Crippen molar-refractivity contribution in [3.8, 4) is 11.5 Å². The maximum Gasteiger partial charge on any atom is 0.271 e. The highest BCUT2D eigenvalue weighted by Gasteiger charge is 2.31. The molecule has 0 spiro atoms. The summed E-state index contributed by atoms with van der Waals surface area (Å²) in [6.45, 7) is 0.465. The molecule has 0 aliphatic carbocycles. The van der Waals surface area contributed by atoms with Crippen LogP contribution in [-0.4, -0.2) is 40.3 Å². The number of amides is 3. The van der Waals surface area contributed by atoms with Gasteiger partial charge in [0.05, 0.1) is 15.5 Å². The summed E-state index contributed by atoms with van der Waals surface area (Å²) < 4.78 is 11.1. The van der Waals surface area contributed by atoms with Crippen molar-refractivity contribution in [2.75, 3.05) is 13.3 Å². The van der Waals surface area contributed by atoms with E-state index in [-0.39, 0.29) is 36.3 Å². The summed E-state index contributed by atoms with van der Waals surface area (Å²) in [4.78, 5) is 38.9. The van der Waals surface area contributed by atoms with Crippen molar-refractivity contribution in [3.63, 3.8) is 0 Å². The molecule has 2 heterocycles. The van der Waals surface area contributed by atoms with E-state index in [2.05, 4.69) is 10.9 Å². The predicted octanol–water partition coefficient (Wildman–Crippen LogP) is 3.51. The molecular weight excluding hydrogens is 486 g/mol. The zero-order valence-corrected chi connectivity index (χ0v) is 19.5. The second kappa shape index (κ2) is 10.2. The van der Waals surface area contributed by atoms with Gasteiger partial charge >= 0.3 is 0 Å². The van der Waals surface area contributed by atoms with Gasteiger partial charge in [0.15, 0.2) is 11.5 Å². The molecule has 33 heavy (non-hydrogen) atoms. The summed E-state index contributed by atoms with van der Waals surface area (Å²) in [5.41, 5.74) is 5.73. The Morgan fingerprint density at radius 1 is 1.15 bits per heavy atom. The molecule has 0 saturated carbocycles. The molecule has 0 unspecified atom stereocenters. The van der Waals surface area contributed by atoms with Crippen molar-refractivity contribution in [2.45, 2.75) is 12.8 Å². The number of thiocarbonyl (C=S) groups is 1. The van der Waals surface area contributed by atoms with Crippen molar-refractivity contribution in [2.24, 2.45) is 0 Å². The second-order valence-corrected chi connectivity index (χ2v) is 9.11. The van der Waals surface area contributed by atoms with E-state index in [4.69, 9.17) is 33.3 Å². The number of hydrogen-bond acceptors (Lipinski definition) is 7. The second-order valence-electron chi connectivity index (χ2n) is 7.03. The third-order valence-corrected chi connectivity index (χ3v) is 6.49. The molecule has 8 nitrogen and oxygen atoms in total. The minimum atomic E-state index is -0.514. The first-order chi connectivity index (χ1) is 15.9. The number of carbonyl (C=O) groups excluding carboxylic acids is 3. The number of rotatable bonds is 6. The van der Waals surface area contributed by atoms with Gasteiger partial charge in [-0.3, -0.25) is 30.1 Å². The Morgan fingerprint density at radius 3 is 2.76 bits per heavy atom. The average Bonchev–Trinajstić information content (AvgIpc) is 3.37. The van der Waals surface area contributed by atoms with Crippen molar-refractivity contribution in [1.29, 1.82) is 0 Å². The Bertz CT molecular complexity index is 1170. The molecule has 0 atom stereocenters. The van der Waals surface area contributed by atoms with Crippen LogP contribution in [0.1, 0.15) is 28.8 Å². The highest BCUT2D eigenvalue weighted by molar-refractivity contribution is 8.26. The molecule has 2 aliphatic rings. The number of nitrogens with one attached hydrogen (secondary N) is 2. The van der Waals surface area contributed by atoms with E-state index in [1.54, 1.807) is 42.5 Å². The minimum Gasteiger partial charge on any atom is -0.454 e. The van der Waals surface area contributed by atoms with E-state index < -0.39 is 11.8 Å². The third kappa shape index (κ3) is 5.47. The van der Waals surface area contributed by atoms with Gasteiger partial charge in [-0.25, -0.2) is 0 Å². The molecule has 2 aromatic rings. The van der Waals surface area contributed by atoms with E-state index in [1.807, 2.05) is 6.07 Å². The Morgan fingerprint density at radius 2 is 1.94 bits per heavy atom. The molecule has 4 rings (SSSR count). The lowest BCUT2D eigenvalue weighted by Gasteiger charge is -2.14. The maximum absolute atomic E-state index is 12.8. The number of hydrazine groups is 1. The van der Waals surface area contributed by atoms with Gasteiger partial charge in [0.2, 0.25) is 12.7 Å². The van der Waals surface area contributed by atoms with Crippen LogP contribution >= 0.6 is 35.6 Å². The minimum absolute atomic E-state index is 0.0983. The molecule has 0 radical (unpaired) electrons. The van der Waals surface area contributed by atoms with E-state index in [1.165, 1.54) is 16.7 Å². The molecule has 2 aromatic carbocycles. The van der Waals surface area contributed by atoms with Gasteiger partial charge in [-0.05, 0) is 42.3 Å². The lowest BCUT2D eigenvalue weighted by atomic mass is 10.2. The van der Waals surface area contributed by atoms with Gasteiger partial charge in [-0.1, -0.05) is 53.8 Å². The van der Waals surface area contributed by atoms with Crippen LogP contribution in [0.2, 0.25) is 5.02 Å². The van der Waals surface area contributed by atoms with Crippen LogP contribution in [0, 0.1) is 0 Å². The van der Waals surface area contributed by atoms with Crippen LogP contribution in [0.15, 0.2) is 47.4 Å². The first kappa shape index (κ1) is 23.1. The number of ether oxygens (including phenoxy) is 2. The number of nitrogens with zero attached hydrogens (tertiary/aromatic N) is 1. The summed E-state index contributed by atoms with van der Waals surface area (Å²) >= 11 is 12.5. The Hall–Kier alpha value is -3.08. The van der Waals surface area contributed by atoms with Crippen molar-refractivity contribution < 1.29 is 23.9 Å². The highest BCUT2D eigenvalue weighted by Crippen LogP contribution is 2.36. The number of fused-ring (bicyclic) bond motifs is 1. The van der Waals surface area contributed by atoms with Crippen molar-refractivity contribution in [1.82, 2.24) is 15.8 Å². The lowest BCUT2D eigenvalue weighted by Crippen LogP contribution is -2.42. The standard InChI is InChI=1S/C22H18ClN3O5S2/c23-15-5-2-1-4-14(15)20(28)25-24-19(27)6-3-9-26-21(29)18(33-22(26)32)11-13-7-8-16-17(10-13)31-12-30-16/h1-2,4-5,7-8,10-11H,3,6,9,12H2,(H,24,27)(H,25,28)/b18-11-. The van der Waals surface area contributed by atoms with Gasteiger partial charge in [0, 0.05) is 13.0 Å². The normalized spacial score (nSPS) is 15.8. The van der Waals surface area contributed by atoms with E-state index in [9.17, 15) is 14.4 Å². The highest BCUT2D eigenvalue weighted by atomic mass is 35.5. The first-order valence-corrected chi connectivity index (χ1v) is 11.5. The van der Waals surface area contributed by atoms with Crippen molar-refractivity contribution in [3.05, 3.63) is 63.5 Å². The molecule has 0 bridgehead atoms. The van der Waals surface area contributed by atoms with Crippen molar-refractivity contribution >= 4 is 63.7 Å². The van der Waals surface area contributed by atoms with Crippen LogP contribution < -0.4 is 20.3 Å². The van der Waals surface area contributed by atoms with Crippen LogP contribution in [-0.2, 0) is 9.59 Å². The van der Waals surface area contributed by atoms with Crippen LogP contribution in [0.25, 0.3) is 6.08 Å². The monoisotopic (exact) mass is 503 g/mol. The number of hydrogen-bond donors (Lipinski definition) is 2. The smallest absolute Gasteiger partial charge is 0.271 e. The van der Waals surface area contributed by atoms with Gasteiger partial charge in [0.25, 0.3) is 11.8 Å². The largest absolute Gasteiger partial charge is 0.454 e. The van der Waals surface area contributed by atoms with Gasteiger partial charge in [-0.15, -0.1) is 0 Å². The fraction of sp³-hybridized carbons (Fsp3) is 0.182. The van der Waals surface area contributed by atoms with Gasteiger partial charge < -0.3 is 9.47 Å². The number of carbonyl (C=O) groups is 3. The van der Waals surface area contributed by atoms with Gasteiger partial charge in [0.1, 0.15) is 4.32 Å². The third-order valence-electron chi connectivity index (χ3n) is 4.79. The SMILES string of the molecule is O=C(CCCN1C(=O)/C(=C/c2ccc3c(c2)OCO3)SC1=S)NNC(=O)c1ccccc1Cl. The molecule has 1 saturated heterocycles. The fourth-order valence-electron chi connectivity index (χ4n) is 3.15. The van der Waals surface area contributed by atoms with Crippen LogP contribution in [0.4, 0.5) is 0 Å². The lowest BCUT2D eigenvalue weighted by molar-refractivity contribution is -0.124. The van der Waals surface area contributed by atoms with E-state index in [0.29, 0.717) is 27.1 Å². The predicted molar refractivity (Wildman–Crippen MR) is 129 cm³/mol. The molecule has 2 N–H and O–H groups in total. The van der Waals surface area contributed by atoms with E-state index >= 15 is 0 Å². The molecule has 3 amide bonds. The summed E-state index contributed by atoms with van der Waals surface area (Å²) in [5.74, 6) is 0.180. The number of thioether (sulfide) groups is 1. The van der Waals surface area contributed by atoms with Crippen LogP contribution in [0.3, 0.4) is 0 Å². The summed E-state index contributed by atoms with van der Waals surface area (Å²) in [6, 6.07) is 11.9. The zero-order valence-electron chi connectivity index (χ0n) is 17.1.